The van der Waals surface area contributed by atoms with Crippen molar-refractivity contribution < 1.29 is 24.9 Å². The lowest BCUT2D eigenvalue weighted by molar-refractivity contribution is -0.135. The Labute approximate surface area is 84.9 Å². The average molecular weight is 208 g/mol. The van der Waals surface area contributed by atoms with E-state index in [1.807, 2.05) is 0 Å². The molecule has 0 bridgehead atoms. The van der Waals surface area contributed by atoms with Gasteiger partial charge in [-0.1, -0.05) is 12.1 Å². The number of aliphatic hydroxyl groups is 1. The molecule has 1 aromatic rings. The summed E-state index contributed by atoms with van der Waals surface area (Å²) in [6.45, 7) is 0. The number of hydrogen-bond acceptors (Lipinski definition) is 3. The molecule has 0 aliphatic heterocycles. The van der Waals surface area contributed by atoms with Crippen LogP contribution < -0.4 is 0 Å². The van der Waals surface area contributed by atoms with Crippen LogP contribution >= 0.6 is 0 Å². The average Bonchev–Trinajstić information content (AvgIpc) is 2.18. The van der Waals surface area contributed by atoms with Gasteiger partial charge in [0, 0.05) is 0 Å². The van der Waals surface area contributed by atoms with Crippen LogP contribution in [-0.2, 0) is 4.79 Å². The van der Waals surface area contributed by atoms with E-state index in [0.29, 0.717) is 5.56 Å². The van der Waals surface area contributed by atoms with Crippen molar-refractivity contribution in [2.45, 2.75) is 0 Å². The molecule has 0 heterocycles. The van der Waals surface area contributed by atoms with Gasteiger partial charge in [0.05, 0.1) is 5.56 Å². The summed E-state index contributed by atoms with van der Waals surface area (Å²) < 4.78 is 0. The first kappa shape index (κ1) is 10.8. The molecule has 15 heavy (non-hydrogen) atoms. The van der Waals surface area contributed by atoms with E-state index in [0.717, 1.165) is 6.08 Å². The highest BCUT2D eigenvalue weighted by Gasteiger charge is 2.04. The van der Waals surface area contributed by atoms with Gasteiger partial charge in [0.15, 0.2) is 0 Å². The maximum atomic E-state index is 10.5. The SMILES string of the molecule is O=C(O)C(O)=Cc1ccc(C(=O)O)cc1. The van der Waals surface area contributed by atoms with Crippen LogP contribution in [0.1, 0.15) is 15.9 Å². The number of carboxylic acids is 2. The number of aliphatic carboxylic acids is 1. The number of hydrogen-bond donors (Lipinski definition) is 3. The van der Waals surface area contributed by atoms with Crippen LogP contribution in [0.4, 0.5) is 0 Å². The highest BCUT2D eigenvalue weighted by atomic mass is 16.4. The topological polar surface area (TPSA) is 94.8 Å². The fourth-order valence-corrected chi connectivity index (χ4v) is 0.942. The van der Waals surface area contributed by atoms with Gasteiger partial charge in [-0.3, -0.25) is 0 Å². The van der Waals surface area contributed by atoms with E-state index in [1.54, 1.807) is 0 Å². The minimum atomic E-state index is -1.43. The molecule has 0 atom stereocenters. The molecule has 0 fully saturated rings. The summed E-state index contributed by atoms with van der Waals surface area (Å²) >= 11 is 0. The third-order valence-electron chi connectivity index (χ3n) is 1.68. The summed E-state index contributed by atoms with van der Waals surface area (Å²) in [4.78, 5) is 20.8. The summed E-state index contributed by atoms with van der Waals surface area (Å²) in [6.07, 6.45) is 1.04. The molecular weight excluding hydrogens is 200 g/mol. The van der Waals surface area contributed by atoms with Gasteiger partial charge in [0.25, 0.3) is 0 Å². The van der Waals surface area contributed by atoms with Crippen molar-refractivity contribution in [2.75, 3.05) is 0 Å². The molecule has 1 rings (SSSR count). The number of aromatic carboxylic acids is 1. The lowest BCUT2D eigenvalue weighted by Crippen LogP contribution is -1.99. The maximum Gasteiger partial charge on any atom is 0.370 e. The molecule has 0 unspecified atom stereocenters. The largest absolute Gasteiger partial charge is 0.502 e. The first-order valence-corrected chi connectivity index (χ1v) is 3.98. The molecule has 78 valence electrons. The van der Waals surface area contributed by atoms with E-state index in [9.17, 15) is 9.59 Å². The summed E-state index contributed by atoms with van der Waals surface area (Å²) in [5.41, 5.74) is 0.516. The molecule has 0 aromatic heterocycles. The zero-order valence-electron chi connectivity index (χ0n) is 7.54. The maximum absolute atomic E-state index is 10.5. The van der Waals surface area contributed by atoms with Crippen molar-refractivity contribution in [1.29, 1.82) is 0 Å². The van der Waals surface area contributed by atoms with E-state index in [-0.39, 0.29) is 5.56 Å². The van der Waals surface area contributed by atoms with Crippen LogP contribution in [0, 0.1) is 0 Å². The predicted molar refractivity (Wildman–Crippen MR) is 51.6 cm³/mol. The number of aliphatic hydroxyl groups excluding tert-OH is 1. The highest BCUT2D eigenvalue weighted by Crippen LogP contribution is 2.08. The van der Waals surface area contributed by atoms with E-state index < -0.39 is 17.7 Å². The molecule has 0 aliphatic carbocycles. The van der Waals surface area contributed by atoms with Crippen molar-refractivity contribution in [2.24, 2.45) is 0 Å². The second-order valence-electron chi connectivity index (χ2n) is 2.76. The van der Waals surface area contributed by atoms with E-state index in [2.05, 4.69) is 0 Å². The summed E-state index contributed by atoms with van der Waals surface area (Å²) in [7, 11) is 0. The Morgan fingerprint density at radius 1 is 1.00 bits per heavy atom. The summed E-state index contributed by atoms with van der Waals surface area (Å²) in [5.74, 6) is -3.29. The van der Waals surface area contributed by atoms with E-state index in [1.165, 1.54) is 24.3 Å². The van der Waals surface area contributed by atoms with Crippen LogP contribution in [-0.4, -0.2) is 27.3 Å². The number of rotatable bonds is 3. The second kappa shape index (κ2) is 4.28. The minimum absolute atomic E-state index is 0.0990. The summed E-state index contributed by atoms with van der Waals surface area (Å²) in [6, 6.07) is 5.46. The Balaban J connectivity index is 2.95. The van der Waals surface area contributed by atoms with Crippen LogP contribution in [0.15, 0.2) is 30.0 Å². The van der Waals surface area contributed by atoms with E-state index >= 15 is 0 Å². The third-order valence-corrected chi connectivity index (χ3v) is 1.68. The fraction of sp³-hybridized carbons (Fsp3) is 0. The number of benzene rings is 1. The van der Waals surface area contributed by atoms with E-state index in [4.69, 9.17) is 15.3 Å². The lowest BCUT2D eigenvalue weighted by Gasteiger charge is -1.96. The first-order chi connectivity index (χ1) is 7.00. The zero-order valence-corrected chi connectivity index (χ0v) is 7.54. The molecule has 0 radical (unpaired) electrons. The van der Waals surface area contributed by atoms with Gasteiger partial charge in [0.1, 0.15) is 0 Å². The highest BCUT2D eigenvalue weighted by molar-refractivity contribution is 5.90. The number of carbonyl (C=O) groups is 2. The van der Waals surface area contributed by atoms with Crippen LogP contribution in [0.5, 0.6) is 0 Å². The Morgan fingerprint density at radius 2 is 1.53 bits per heavy atom. The number of carboxylic acid groups (broad SMARTS) is 2. The normalized spacial score (nSPS) is 11.1. The molecule has 5 nitrogen and oxygen atoms in total. The van der Waals surface area contributed by atoms with Crippen LogP contribution in [0.25, 0.3) is 6.08 Å². The molecule has 0 amide bonds. The molecule has 3 N–H and O–H groups in total. The first-order valence-electron chi connectivity index (χ1n) is 3.98. The van der Waals surface area contributed by atoms with Gasteiger partial charge in [-0.15, -0.1) is 0 Å². The Hall–Kier alpha value is -2.30. The Morgan fingerprint density at radius 3 is 1.93 bits per heavy atom. The van der Waals surface area contributed by atoms with Crippen molar-refractivity contribution in [3.63, 3.8) is 0 Å². The van der Waals surface area contributed by atoms with Gasteiger partial charge in [-0.05, 0) is 23.8 Å². The molecule has 0 saturated carbocycles. The lowest BCUT2D eigenvalue weighted by atomic mass is 10.1. The molecule has 0 aliphatic rings. The Bertz CT molecular complexity index is 416. The molecule has 5 heteroatoms. The van der Waals surface area contributed by atoms with Crippen molar-refractivity contribution in [1.82, 2.24) is 0 Å². The van der Waals surface area contributed by atoms with Gasteiger partial charge in [-0.25, -0.2) is 9.59 Å². The molecule has 1 aromatic carbocycles. The molecular formula is C10H8O5. The van der Waals surface area contributed by atoms with Crippen LogP contribution in [0.3, 0.4) is 0 Å². The molecule has 0 saturated heterocycles. The molecule has 0 spiro atoms. The van der Waals surface area contributed by atoms with Gasteiger partial charge in [-0.2, -0.15) is 0 Å². The smallest absolute Gasteiger partial charge is 0.370 e. The van der Waals surface area contributed by atoms with Crippen LogP contribution in [0.2, 0.25) is 0 Å². The van der Waals surface area contributed by atoms with Gasteiger partial charge >= 0.3 is 11.9 Å². The van der Waals surface area contributed by atoms with Crippen molar-refractivity contribution in [3.05, 3.63) is 41.2 Å². The van der Waals surface area contributed by atoms with Gasteiger partial charge in [0.2, 0.25) is 5.76 Å². The standard InChI is InChI=1S/C10H8O5/c11-8(10(14)15)5-6-1-3-7(4-2-6)9(12)13/h1-5,11H,(H,12,13)(H,14,15). The third kappa shape index (κ3) is 2.84. The zero-order chi connectivity index (χ0) is 11.4. The van der Waals surface area contributed by atoms with Crippen molar-refractivity contribution in [3.8, 4) is 0 Å². The summed E-state index contributed by atoms with van der Waals surface area (Å²) in [5, 5.41) is 25.9. The minimum Gasteiger partial charge on any atom is -0.502 e. The monoisotopic (exact) mass is 208 g/mol. The van der Waals surface area contributed by atoms with Crippen molar-refractivity contribution >= 4 is 18.0 Å². The fourth-order valence-electron chi connectivity index (χ4n) is 0.942. The quantitative estimate of drug-likeness (QED) is 0.515. The second-order valence-corrected chi connectivity index (χ2v) is 2.76. The van der Waals surface area contributed by atoms with Gasteiger partial charge < -0.3 is 15.3 Å². The predicted octanol–water partition coefficient (Wildman–Crippen LogP) is 1.37. The Kier molecular flexibility index (Phi) is 3.07.